The maximum absolute atomic E-state index is 6.41. The summed E-state index contributed by atoms with van der Waals surface area (Å²) in [6.45, 7) is 3.78. The Hall–Kier alpha value is -0.860. The van der Waals surface area contributed by atoms with E-state index < -0.39 is 0 Å². The minimum Gasteiger partial charge on any atom is -0.379 e. The number of rotatable bonds is 3. The van der Waals surface area contributed by atoms with E-state index in [4.69, 9.17) is 10.5 Å². The zero-order valence-corrected chi connectivity index (χ0v) is 9.83. The minimum absolute atomic E-state index is 0.0129. The van der Waals surface area contributed by atoms with Gasteiger partial charge < -0.3 is 10.5 Å². The number of hydrogen-bond donors (Lipinski definition) is 1. The average molecular weight is 217 g/mol. The second kappa shape index (κ2) is 3.31. The molecule has 0 spiro atoms. The van der Waals surface area contributed by atoms with E-state index in [1.807, 2.05) is 0 Å². The predicted octanol–water partition coefficient (Wildman–Crippen LogP) is 2.01. The number of benzene rings is 1. The van der Waals surface area contributed by atoms with Crippen molar-refractivity contribution in [3.8, 4) is 0 Å². The molecule has 0 unspecified atom stereocenters. The molecule has 0 amide bonds. The predicted molar refractivity (Wildman–Crippen MR) is 64.5 cm³/mol. The molecular formula is C14H19NO. The fourth-order valence-electron chi connectivity index (χ4n) is 2.72. The van der Waals surface area contributed by atoms with E-state index in [0.717, 1.165) is 32.5 Å². The molecule has 86 valence electrons. The largest absolute Gasteiger partial charge is 0.379 e. The molecule has 1 heterocycles. The van der Waals surface area contributed by atoms with Gasteiger partial charge in [0, 0.05) is 5.54 Å². The molecule has 2 heteroatoms. The summed E-state index contributed by atoms with van der Waals surface area (Å²) >= 11 is 0. The van der Waals surface area contributed by atoms with Gasteiger partial charge in [0.1, 0.15) is 0 Å². The Morgan fingerprint density at radius 1 is 1.19 bits per heavy atom. The van der Waals surface area contributed by atoms with Crippen LogP contribution in [0.1, 0.15) is 30.9 Å². The van der Waals surface area contributed by atoms with Crippen molar-refractivity contribution >= 4 is 0 Å². The van der Waals surface area contributed by atoms with Gasteiger partial charge in [-0.25, -0.2) is 0 Å². The summed E-state index contributed by atoms with van der Waals surface area (Å²) in [6.07, 6.45) is 3.38. The quantitative estimate of drug-likeness (QED) is 0.840. The van der Waals surface area contributed by atoms with Crippen LogP contribution < -0.4 is 5.73 Å². The first-order chi connectivity index (χ1) is 7.70. The molecule has 16 heavy (non-hydrogen) atoms. The lowest BCUT2D eigenvalue weighted by molar-refractivity contribution is -0.0786. The van der Waals surface area contributed by atoms with E-state index in [9.17, 15) is 0 Å². The van der Waals surface area contributed by atoms with Gasteiger partial charge in [0.2, 0.25) is 0 Å². The molecule has 0 radical (unpaired) electrons. The molecule has 2 nitrogen and oxygen atoms in total. The Bertz CT molecular complexity index is 388. The Kier molecular flexibility index (Phi) is 2.13. The summed E-state index contributed by atoms with van der Waals surface area (Å²) in [7, 11) is 0. The van der Waals surface area contributed by atoms with Gasteiger partial charge in [-0.1, -0.05) is 31.2 Å². The van der Waals surface area contributed by atoms with E-state index in [1.165, 1.54) is 11.1 Å². The van der Waals surface area contributed by atoms with Crippen LogP contribution in [0.4, 0.5) is 0 Å². The number of ether oxygens (including phenoxy) is 1. The van der Waals surface area contributed by atoms with Crippen molar-refractivity contribution in [2.45, 2.75) is 37.1 Å². The minimum atomic E-state index is 0.0129. The lowest BCUT2D eigenvalue weighted by Crippen LogP contribution is -2.60. The van der Waals surface area contributed by atoms with Crippen LogP contribution in [-0.4, -0.2) is 18.8 Å². The zero-order valence-electron chi connectivity index (χ0n) is 9.83. The van der Waals surface area contributed by atoms with E-state index in [-0.39, 0.29) is 11.0 Å². The third-order valence-electron chi connectivity index (χ3n) is 4.35. The normalized spacial score (nSPS) is 24.9. The molecule has 0 atom stereocenters. The molecule has 1 aromatic rings. The Labute approximate surface area is 96.8 Å². The van der Waals surface area contributed by atoms with Crippen LogP contribution in [0, 0.1) is 0 Å². The fraction of sp³-hybridized carbons (Fsp3) is 0.571. The first kappa shape index (κ1) is 10.3. The SMILES string of the molecule is CCc1ccc(C2(C3(N)CC3)COC2)cc1. The summed E-state index contributed by atoms with van der Waals surface area (Å²) in [5, 5.41) is 0. The molecule has 1 aromatic carbocycles. The Morgan fingerprint density at radius 3 is 2.19 bits per heavy atom. The number of hydrogen-bond acceptors (Lipinski definition) is 2. The summed E-state index contributed by atoms with van der Waals surface area (Å²) in [5.74, 6) is 0. The van der Waals surface area contributed by atoms with Gasteiger partial charge in [-0.15, -0.1) is 0 Å². The van der Waals surface area contributed by atoms with Crippen LogP contribution in [0.25, 0.3) is 0 Å². The van der Waals surface area contributed by atoms with Gasteiger partial charge in [0.25, 0.3) is 0 Å². The van der Waals surface area contributed by atoms with E-state index >= 15 is 0 Å². The number of nitrogens with two attached hydrogens (primary N) is 1. The molecule has 2 N–H and O–H groups in total. The highest BCUT2D eigenvalue weighted by atomic mass is 16.5. The summed E-state index contributed by atoms with van der Waals surface area (Å²) < 4.78 is 5.44. The van der Waals surface area contributed by atoms with Crippen molar-refractivity contribution in [2.24, 2.45) is 5.73 Å². The Morgan fingerprint density at radius 2 is 1.81 bits per heavy atom. The van der Waals surface area contributed by atoms with Gasteiger partial charge in [0.15, 0.2) is 0 Å². The summed E-state index contributed by atoms with van der Waals surface area (Å²) in [5.41, 5.74) is 9.29. The molecule has 1 aliphatic heterocycles. The second-order valence-corrected chi connectivity index (χ2v) is 5.28. The van der Waals surface area contributed by atoms with Gasteiger partial charge in [-0.05, 0) is 30.4 Å². The Balaban J connectivity index is 1.94. The maximum Gasteiger partial charge on any atom is 0.0603 e. The van der Waals surface area contributed by atoms with Crippen molar-refractivity contribution < 1.29 is 4.74 Å². The van der Waals surface area contributed by atoms with E-state index in [0.29, 0.717) is 0 Å². The molecule has 1 saturated heterocycles. The van der Waals surface area contributed by atoms with Gasteiger partial charge in [-0.3, -0.25) is 0 Å². The molecule has 1 aliphatic carbocycles. The van der Waals surface area contributed by atoms with Crippen molar-refractivity contribution in [2.75, 3.05) is 13.2 Å². The van der Waals surface area contributed by atoms with Gasteiger partial charge in [0.05, 0.1) is 18.6 Å². The standard InChI is InChI=1S/C14H19NO/c1-2-11-3-5-12(6-4-11)13(9-16-10-13)14(15)7-8-14/h3-6H,2,7-10,15H2,1H3. The molecule has 3 rings (SSSR count). The summed E-state index contributed by atoms with van der Waals surface area (Å²) in [4.78, 5) is 0. The highest BCUT2D eigenvalue weighted by Crippen LogP contribution is 2.53. The van der Waals surface area contributed by atoms with Crippen LogP contribution in [0.3, 0.4) is 0 Å². The van der Waals surface area contributed by atoms with Crippen molar-refractivity contribution in [3.05, 3.63) is 35.4 Å². The van der Waals surface area contributed by atoms with Crippen LogP contribution in [0.15, 0.2) is 24.3 Å². The lowest BCUT2D eigenvalue weighted by Gasteiger charge is -2.47. The first-order valence-corrected chi connectivity index (χ1v) is 6.16. The molecule has 0 bridgehead atoms. The topological polar surface area (TPSA) is 35.2 Å². The average Bonchev–Trinajstić information content (AvgIpc) is 2.97. The van der Waals surface area contributed by atoms with Gasteiger partial charge >= 0.3 is 0 Å². The van der Waals surface area contributed by atoms with E-state index in [2.05, 4.69) is 31.2 Å². The molecule has 2 fully saturated rings. The smallest absolute Gasteiger partial charge is 0.0603 e. The molecule has 1 saturated carbocycles. The van der Waals surface area contributed by atoms with Crippen LogP contribution in [-0.2, 0) is 16.6 Å². The molecular weight excluding hydrogens is 198 g/mol. The lowest BCUT2D eigenvalue weighted by atomic mass is 9.70. The van der Waals surface area contributed by atoms with E-state index in [1.54, 1.807) is 0 Å². The van der Waals surface area contributed by atoms with Crippen LogP contribution >= 0.6 is 0 Å². The maximum atomic E-state index is 6.41. The first-order valence-electron chi connectivity index (χ1n) is 6.16. The highest BCUT2D eigenvalue weighted by molar-refractivity contribution is 5.38. The molecule has 0 aromatic heterocycles. The monoisotopic (exact) mass is 217 g/mol. The summed E-state index contributed by atoms with van der Waals surface area (Å²) in [6, 6.07) is 8.94. The number of aryl methyl sites for hydroxylation is 1. The third kappa shape index (κ3) is 1.26. The molecule has 2 aliphatic rings. The third-order valence-corrected chi connectivity index (χ3v) is 4.35. The highest BCUT2D eigenvalue weighted by Gasteiger charge is 2.61. The van der Waals surface area contributed by atoms with Gasteiger partial charge in [-0.2, -0.15) is 0 Å². The zero-order chi connectivity index (χ0) is 11.2. The second-order valence-electron chi connectivity index (χ2n) is 5.28. The van der Waals surface area contributed by atoms with Crippen LogP contribution in [0.5, 0.6) is 0 Å². The van der Waals surface area contributed by atoms with Crippen molar-refractivity contribution in [1.82, 2.24) is 0 Å². The fourth-order valence-corrected chi connectivity index (χ4v) is 2.72. The van der Waals surface area contributed by atoms with Crippen LogP contribution in [0.2, 0.25) is 0 Å². The van der Waals surface area contributed by atoms with Crippen molar-refractivity contribution in [3.63, 3.8) is 0 Å². The van der Waals surface area contributed by atoms with Crippen molar-refractivity contribution in [1.29, 1.82) is 0 Å².